The first kappa shape index (κ1) is 19.0. The van der Waals surface area contributed by atoms with Crippen molar-refractivity contribution in [2.45, 2.75) is 63.2 Å². The zero-order valence-corrected chi connectivity index (χ0v) is 16.0. The zero-order valence-electron chi connectivity index (χ0n) is 15.2. The summed E-state index contributed by atoms with van der Waals surface area (Å²) in [6.07, 6.45) is -4.47. The molecular formula is C20H24O6S. The third-order valence-electron chi connectivity index (χ3n) is 5.47. The summed E-state index contributed by atoms with van der Waals surface area (Å²) in [5, 5.41) is 41.4. The van der Waals surface area contributed by atoms with E-state index in [0.29, 0.717) is 5.56 Å². The number of rotatable bonds is 3. The van der Waals surface area contributed by atoms with Gasteiger partial charge in [-0.05, 0) is 36.6 Å². The lowest BCUT2D eigenvalue weighted by atomic mass is 9.87. The molecule has 27 heavy (non-hydrogen) atoms. The Morgan fingerprint density at radius 2 is 1.96 bits per heavy atom. The molecule has 0 amide bonds. The first-order valence-corrected chi connectivity index (χ1v) is 9.95. The van der Waals surface area contributed by atoms with Crippen molar-refractivity contribution in [3.05, 3.63) is 56.8 Å². The maximum absolute atomic E-state index is 10.7. The fraction of sp³-hybridized carbons (Fsp3) is 0.500. The van der Waals surface area contributed by atoms with Crippen LogP contribution in [0.2, 0.25) is 0 Å². The molecule has 0 saturated carbocycles. The minimum atomic E-state index is -1.50. The molecule has 0 bridgehead atoms. The van der Waals surface area contributed by atoms with Gasteiger partial charge in [-0.1, -0.05) is 25.1 Å². The number of ether oxygens (including phenoxy) is 2. The van der Waals surface area contributed by atoms with Crippen molar-refractivity contribution in [3.63, 3.8) is 0 Å². The topological polar surface area (TPSA) is 99.4 Å². The van der Waals surface area contributed by atoms with Gasteiger partial charge in [-0.3, -0.25) is 0 Å². The van der Waals surface area contributed by atoms with Gasteiger partial charge >= 0.3 is 0 Å². The van der Waals surface area contributed by atoms with E-state index in [4.69, 9.17) is 9.47 Å². The van der Waals surface area contributed by atoms with Crippen LogP contribution in [0.4, 0.5) is 0 Å². The van der Waals surface area contributed by atoms with Gasteiger partial charge < -0.3 is 29.9 Å². The number of fused-ring (bicyclic) bond motifs is 2. The monoisotopic (exact) mass is 392 g/mol. The van der Waals surface area contributed by atoms with Crippen LogP contribution < -0.4 is 0 Å². The van der Waals surface area contributed by atoms with Crippen LogP contribution >= 0.6 is 11.3 Å². The highest BCUT2D eigenvalue weighted by atomic mass is 32.1. The fourth-order valence-electron chi connectivity index (χ4n) is 3.85. The Balaban J connectivity index is 1.66. The highest BCUT2D eigenvalue weighted by molar-refractivity contribution is 7.12. The number of aliphatic hydroxyl groups is 4. The van der Waals surface area contributed by atoms with E-state index >= 15 is 0 Å². The summed E-state index contributed by atoms with van der Waals surface area (Å²) in [7, 11) is 0. The smallest absolute Gasteiger partial charge is 0.225 e. The quantitative estimate of drug-likeness (QED) is 0.633. The molecule has 0 aliphatic carbocycles. The maximum atomic E-state index is 10.7. The second-order valence-electron chi connectivity index (χ2n) is 7.18. The summed E-state index contributed by atoms with van der Waals surface area (Å²) in [5.74, 6) is -1.50. The lowest BCUT2D eigenvalue weighted by molar-refractivity contribution is -0.362. The number of hydrogen-bond acceptors (Lipinski definition) is 7. The maximum Gasteiger partial charge on any atom is 0.225 e. The van der Waals surface area contributed by atoms with E-state index < -0.39 is 36.3 Å². The Morgan fingerprint density at radius 3 is 2.67 bits per heavy atom. The van der Waals surface area contributed by atoms with Gasteiger partial charge in [0.05, 0.1) is 12.7 Å². The van der Waals surface area contributed by atoms with Crippen LogP contribution in [-0.4, -0.2) is 44.8 Å². The Labute approximate surface area is 161 Å². The molecule has 1 aromatic carbocycles. The van der Waals surface area contributed by atoms with Gasteiger partial charge in [0, 0.05) is 15.3 Å². The van der Waals surface area contributed by atoms with Crippen molar-refractivity contribution in [1.29, 1.82) is 0 Å². The molecule has 1 fully saturated rings. The van der Waals surface area contributed by atoms with Crippen molar-refractivity contribution in [1.82, 2.24) is 0 Å². The molecule has 5 unspecified atom stereocenters. The number of hydrogen-bond donors (Lipinski definition) is 4. The Kier molecular flexibility index (Phi) is 4.88. The molecule has 6 atom stereocenters. The molecular weight excluding hydrogens is 368 g/mol. The van der Waals surface area contributed by atoms with E-state index in [2.05, 4.69) is 6.92 Å². The highest BCUT2D eigenvalue weighted by Gasteiger charge is 2.57. The average Bonchev–Trinajstić information content (AvgIpc) is 3.30. The van der Waals surface area contributed by atoms with E-state index in [1.807, 2.05) is 18.2 Å². The van der Waals surface area contributed by atoms with Crippen LogP contribution in [0, 0.1) is 0 Å². The molecule has 6 nitrogen and oxygen atoms in total. The molecule has 0 radical (unpaired) electrons. The van der Waals surface area contributed by atoms with Crippen molar-refractivity contribution in [2.24, 2.45) is 0 Å². The first-order valence-electron chi connectivity index (χ1n) is 9.13. The van der Waals surface area contributed by atoms with E-state index in [-0.39, 0.29) is 6.61 Å². The van der Waals surface area contributed by atoms with Crippen LogP contribution in [0.15, 0.2) is 30.3 Å². The molecule has 4 rings (SSSR count). The van der Waals surface area contributed by atoms with Gasteiger partial charge in [-0.2, -0.15) is 0 Å². The molecule has 2 aliphatic rings. The molecule has 1 spiro atoms. The van der Waals surface area contributed by atoms with Gasteiger partial charge in [0.25, 0.3) is 0 Å². The Morgan fingerprint density at radius 1 is 1.19 bits per heavy atom. The fourth-order valence-corrected chi connectivity index (χ4v) is 4.82. The van der Waals surface area contributed by atoms with Crippen LogP contribution in [0.25, 0.3) is 0 Å². The van der Waals surface area contributed by atoms with Crippen LogP contribution in [-0.2, 0) is 28.3 Å². The molecule has 4 N–H and O–H groups in total. The van der Waals surface area contributed by atoms with E-state index in [0.717, 1.165) is 22.4 Å². The van der Waals surface area contributed by atoms with E-state index in [1.165, 1.54) is 4.88 Å². The molecule has 1 aromatic heterocycles. The normalized spacial score (nSPS) is 34.0. The summed E-state index contributed by atoms with van der Waals surface area (Å²) < 4.78 is 11.6. The van der Waals surface area contributed by atoms with Gasteiger partial charge in [-0.25, -0.2) is 0 Å². The van der Waals surface area contributed by atoms with Crippen LogP contribution in [0.3, 0.4) is 0 Å². The largest absolute Gasteiger partial charge is 0.388 e. The highest BCUT2D eigenvalue weighted by Crippen LogP contribution is 2.46. The Bertz CT molecular complexity index is 836. The molecule has 7 heteroatoms. The molecule has 2 aromatic rings. The third kappa shape index (κ3) is 2.94. The second kappa shape index (κ2) is 6.93. The van der Waals surface area contributed by atoms with Crippen LogP contribution in [0.5, 0.6) is 0 Å². The zero-order chi connectivity index (χ0) is 19.3. The van der Waals surface area contributed by atoms with Crippen molar-refractivity contribution < 1.29 is 29.9 Å². The van der Waals surface area contributed by atoms with Crippen molar-refractivity contribution >= 4 is 11.3 Å². The average molecular weight is 392 g/mol. The summed E-state index contributed by atoms with van der Waals surface area (Å²) in [6, 6.07) is 9.35. The minimum Gasteiger partial charge on any atom is -0.388 e. The molecule has 146 valence electrons. The lowest BCUT2D eigenvalue weighted by Crippen LogP contribution is -2.61. The van der Waals surface area contributed by atoms with Gasteiger partial charge in [0.15, 0.2) is 0 Å². The second-order valence-corrected chi connectivity index (χ2v) is 8.38. The summed E-state index contributed by atoms with van der Waals surface area (Å²) in [5.41, 5.74) is 2.13. The predicted molar refractivity (Wildman–Crippen MR) is 99.2 cm³/mol. The van der Waals surface area contributed by atoms with Gasteiger partial charge in [-0.15, -0.1) is 11.3 Å². The van der Waals surface area contributed by atoms with Crippen molar-refractivity contribution in [3.8, 4) is 0 Å². The number of benzene rings is 1. The lowest BCUT2D eigenvalue weighted by Gasteiger charge is -2.45. The van der Waals surface area contributed by atoms with Crippen LogP contribution in [0.1, 0.15) is 46.4 Å². The van der Waals surface area contributed by atoms with Gasteiger partial charge in [0.2, 0.25) is 5.79 Å². The SMILES string of the molecule is CCc1ccc([C@H](O)c2ccc3c(c2)COC32OC(C)C(O)C(O)C2O)s1. The first-order chi connectivity index (χ1) is 12.9. The number of thiophene rings is 1. The Hall–Kier alpha value is -1.32. The molecule has 3 heterocycles. The standard InChI is InChI=1S/C20H24O6S/c1-3-13-5-7-15(27-13)17(22)11-4-6-14-12(8-11)9-25-20(14)19(24)18(23)16(21)10(2)26-20/h4-8,10,16-19,21-24H,3,9H2,1-2H3/t10?,16?,17-,18?,19?,20?/m1/s1. The molecule has 1 saturated heterocycles. The third-order valence-corrected chi connectivity index (χ3v) is 6.75. The van der Waals surface area contributed by atoms with Crippen molar-refractivity contribution in [2.75, 3.05) is 0 Å². The van der Waals surface area contributed by atoms with E-state index in [1.54, 1.807) is 30.4 Å². The summed E-state index contributed by atoms with van der Waals surface area (Å²) in [6.45, 7) is 3.90. The minimum absolute atomic E-state index is 0.188. The predicted octanol–water partition coefficient (Wildman–Crippen LogP) is 1.58. The summed E-state index contributed by atoms with van der Waals surface area (Å²) in [4.78, 5) is 2.09. The number of aliphatic hydroxyl groups excluding tert-OH is 4. The number of aryl methyl sites for hydroxylation is 1. The van der Waals surface area contributed by atoms with E-state index in [9.17, 15) is 20.4 Å². The van der Waals surface area contributed by atoms with Gasteiger partial charge in [0.1, 0.15) is 24.4 Å². The summed E-state index contributed by atoms with van der Waals surface area (Å²) >= 11 is 1.59. The molecule has 2 aliphatic heterocycles.